The van der Waals surface area contributed by atoms with Crippen LogP contribution in [0.5, 0.6) is 5.75 Å². The van der Waals surface area contributed by atoms with Crippen LogP contribution in [0.1, 0.15) is 49.2 Å². The van der Waals surface area contributed by atoms with Gasteiger partial charge >= 0.3 is 6.61 Å². The first-order chi connectivity index (χ1) is 12.8. The molecule has 1 fully saturated rings. The Labute approximate surface area is 154 Å². The largest absolute Gasteiger partial charge is 0.432 e. The number of carbonyl (C=O) groups excluding carboxylic acids is 1. The fraction of sp³-hybridized carbons (Fsp3) is 0.389. The highest BCUT2D eigenvalue weighted by Gasteiger charge is 2.26. The molecule has 0 bridgehead atoms. The van der Waals surface area contributed by atoms with Gasteiger partial charge in [-0.1, -0.05) is 13.0 Å². The van der Waals surface area contributed by atoms with E-state index in [1.807, 2.05) is 13.8 Å². The molecule has 1 aliphatic rings. The molecule has 2 aromatic rings. The number of nitrogens with zero attached hydrogens (tertiary/aromatic N) is 2. The molecule has 0 spiro atoms. The van der Waals surface area contributed by atoms with E-state index in [1.54, 1.807) is 6.07 Å². The monoisotopic (exact) mass is 380 g/mol. The lowest BCUT2D eigenvalue weighted by Crippen LogP contribution is -2.51. The van der Waals surface area contributed by atoms with Gasteiger partial charge < -0.3 is 10.1 Å². The summed E-state index contributed by atoms with van der Waals surface area (Å²) >= 11 is 0. The summed E-state index contributed by atoms with van der Waals surface area (Å²) in [7, 11) is 0. The molecule has 2 heterocycles. The van der Waals surface area contributed by atoms with E-state index >= 15 is 0 Å². The lowest BCUT2D eigenvalue weighted by molar-refractivity contribution is -0.124. The van der Waals surface area contributed by atoms with Gasteiger partial charge in [0.15, 0.2) is 11.6 Å². The van der Waals surface area contributed by atoms with Gasteiger partial charge in [0.2, 0.25) is 5.91 Å². The predicted molar refractivity (Wildman–Crippen MR) is 90.7 cm³/mol. The van der Waals surface area contributed by atoms with Crippen molar-refractivity contribution in [2.75, 3.05) is 0 Å². The van der Waals surface area contributed by atoms with Crippen molar-refractivity contribution in [2.24, 2.45) is 0 Å². The van der Waals surface area contributed by atoms with Crippen molar-refractivity contribution in [1.29, 1.82) is 0 Å². The number of hydrogen-bond acceptors (Lipinski definition) is 5. The zero-order chi connectivity index (χ0) is 19.6. The quantitative estimate of drug-likeness (QED) is 0.834. The Morgan fingerprint density at radius 2 is 2.04 bits per heavy atom. The van der Waals surface area contributed by atoms with E-state index in [4.69, 9.17) is 0 Å². The Hall–Kier alpha value is -2.68. The fourth-order valence-corrected chi connectivity index (χ4v) is 3.04. The summed E-state index contributed by atoms with van der Waals surface area (Å²) in [5.41, 5.74) is 1.84. The summed E-state index contributed by atoms with van der Waals surface area (Å²) in [6.45, 7) is 0.563. The molecular formula is C18H19F3N4O2. The Bertz CT molecular complexity index is 834. The molecule has 27 heavy (non-hydrogen) atoms. The second-order valence-electron chi connectivity index (χ2n) is 6.37. The third-order valence-electron chi connectivity index (χ3n) is 4.40. The van der Waals surface area contributed by atoms with E-state index in [0.29, 0.717) is 17.0 Å². The standard InChI is InChI=1S/C18H19F3N4O2/c1-9(11-3-4-16(12(19)5-11)27-18(20)21)13-6-14(23-8-22-13)15-7-17(26)25-10(2)24-15/h3-6,8-10,15,18,24H,7H2,1-2H3,(H,25,26). The maximum absolute atomic E-state index is 14.0. The van der Waals surface area contributed by atoms with Crippen molar-refractivity contribution >= 4 is 5.91 Å². The van der Waals surface area contributed by atoms with Crippen LogP contribution in [0.25, 0.3) is 0 Å². The van der Waals surface area contributed by atoms with Crippen LogP contribution in [0.4, 0.5) is 13.2 Å². The maximum atomic E-state index is 14.0. The lowest BCUT2D eigenvalue weighted by atomic mass is 9.95. The first-order valence-electron chi connectivity index (χ1n) is 8.45. The van der Waals surface area contributed by atoms with E-state index in [0.717, 1.165) is 6.07 Å². The van der Waals surface area contributed by atoms with Crippen LogP contribution >= 0.6 is 0 Å². The van der Waals surface area contributed by atoms with Crippen LogP contribution in [0.3, 0.4) is 0 Å². The molecule has 0 aliphatic carbocycles. The molecule has 1 aliphatic heterocycles. The number of carbonyl (C=O) groups is 1. The zero-order valence-corrected chi connectivity index (χ0v) is 14.7. The molecule has 0 radical (unpaired) electrons. The molecule has 9 heteroatoms. The SMILES string of the molecule is CC1NC(=O)CC(c2cc(C(C)c3ccc(OC(F)F)c(F)c3)ncn2)N1. The van der Waals surface area contributed by atoms with E-state index in [2.05, 4.69) is 25.3 Å². The van der Waals surface area contributed by atoms with Crippen molar-refractivity contribution in [2.45, 2.75) is 45.0 Å². The molecule has 0 saturated carbocycles. The van der Waals surface area contributed by atoms with Crippen molar-refractivity contribution in [3.63, 3.8) is 0 Å². The maximum Gasteiger partial charge on any atom is 0.387 e. The Morgan fingerprint density at radius 3 is 2.70 bits per heavy atom. The first kappa shape index (κ1) is 19.1. The molecule has 1 saturated heterocycles. The third-order valence-corrected chi connectivity index (χ3v) is 4.40. The molecule has 3 unspecified atom stereocenters. The summed E-state index contributed by atoms with van der Waals surface area (Å²) in [4.78, 5) is 20.2. The van der Waals surface area contributed by atoms with Crippen molar-refractivity contribution < 1.29 is 22.7 Å². The number of ether oxygens (including phenoxy) is 1. The van der Waals surface area contributed by atoms with E-state index in [1.165, 1.54) is 18.5 Å². The number of halogens is 3. The lowest BCUT2D eigenvalue weighted by Gasteiger charge is -2.29. The van der Waals surface area contributed by atoms with Gasteiger partial charge in [0.05, 0.1) is 23.6 Å². The molecule has 1 amide bonds. The number of amides is 1. The molecular weight excluding hydrogens is 361 g/mol. The Morgan fingerprint density at radius 1 is 1.26 bits per heavy atom. The Balaban J connectivity index is 1.82. The zero-order valence-electron chi connectivity index (χ0n) is 14.7. The van der Waals surface area contributed by atoms with Gasteiger partial charge in [-0.05, 0) is 30.7 Å². The van der Waals surface area contributed by atoms with Crippen LogP contribution in [0.2, 0.25) is 0 Å². The van der Waals surface area contributed by atoms with Crippen molar-refractivity contribution in [3.05, 3.63) is 53.4 Å². The summed E-state index contributed by atoms with van der Waals surface area (Å²) in [6, 6.07) is 5.35. The number of alkyl halides is 2. The molecule has 2 N–H and O–H groups in total. The molecule has 1 aromatic carbocycles. The van der Waals surface area contributed by atoms with Gasteiger partial charge in [-0.25, -0.2) is 14.4 Å². The van der Waals surface area contributed by atoms with Crippen LogP contribution in [-0.4, -0.2) is 28.7 Å². The highest BCUT2D eigenvalue weighted by Crippen LogP contribution is 2.29. The van der Waals surface area contributed by atoms with Crippen LogP contribution < -0.4 is 15.4 Å². The molecule has 6 nitrogen and oxygen atoms in total. The van der Waals surface area contributed by atoms with Crippen LogP contribution in [0.15, 0.2) is 30.6 Å². The number of aromatic nitrogens is 2. The number of rotatable bonds is 5. The Kier molecular flexibility index (Phi) is 5.59. The highest BCUT2D eigenvalue weighted by molar-refractivity contribution is 5.77. The minimum absolute atomic E-state index is 0.0730. The van der Waals surface area contributed by atoms with Crippen molar-refractivity contribution in [3.8, 4) is 5.75 Å². The molecule has 1 aromatic heterocycles. The second kappa shape index (κ2) is 7.91. The second-order valence-corrected chi connectivity index (χ2v) is 6.37. The smallest absolute Gasteiger partial charge is 0.387 e. The van der Waals surface area contributed by atoms with Gasteiger partial charge in [0.25, 0.3) is 0 Å². The summed E-state index contributed by atoms with van der Waals surface area (Å²) in [5.74, 6) is -1.75. The van der Waals surface area contributed by atoms with E-state index < -0.39 is 18.2 Å². The average Bonchev–Trinajstić information content (AvgIpc) is 2.62. The minimum atomic E-state index is -3.09. The van der Waals surface area contributed by atoms with Gasteiger partial charge in [0.1, 0.15) is 6.33 Å². The number of nitrogens with one attached hydrogen (secondary N) is 2. The van der Waals surface area contributed by atoms with Gasteiger partial charge in [0, 0.05) is 12.3 Å². The van der Waals surface area contributed by atoms with Gasteiger partial charge in [-0.3, -0.25) is 10.1 Å². The van der Waals surface area contributed by atoms with Gasteiger partial charge in [-0.15, -0.1) is 0 Å². The number of hydrogen-bond donors (Lipinski definition) is 2. The van der Waals surface area contributed by atoms with Crippen LogP contribution in [0, 0.1) is 5.82 Å². The highest BCUT2D eigenvalue weighted by atomic mass is 19.3. The molecule has 144 valence electrons. The van der Waals surface area contributed by atoms with E-state index in [-0.39, 0.29) is 30.5 Å². The summed E-state index contributed by atoms with van der Waals surface area (Å²) in [5, 5.41) is 6.00. The molecule has 3 rings (SSSR count). The number of benzene rings is 1. The third kappa shape index (κ3) is 4.54. The normalized spacial score (nSPS) is 21.0. The predicted octanol–water partition coefficient (Wildman–Crippen LogP) is 2.87. The topological polar surface area (TPSA) is 76.1 Å². The van der Waals surface area contributed by atoms with Crippen LogP contribution in [-0.2, 0) is 4.79 Å². The average molecular weight is 380 g/mol. The summed E-state index contributed by atoms with van der Waals surface area (Å²) in [6.07, 6.45) is 1.47. The van der Waals surface area contributed by atoms with Crippen molar-refractivity contribution in [1.82, 2.24) is 20.6 Å². The summed E-state index contributed by atoms with van der Waals surface area (Å²) < 4.78 is 42.6. The minimum Gasteiger partial charge on any atom is -0.432 e. The van der Waals surface area contributed by atoms with E-state index in [9.17, 15) is 18.0 Å². The van der Waals surface area contributed by atoms with Gasteiger partial charge in [-0.2, -0.15) is 8.78 Å². The fourth-order valence-electron chi connectivity index (χ4n) is 3.04. The molecule has 3 atom stereocenters. The first-order valence-corrected chi connectivity index (χ1v) is 8.45.